The molecule has 0 aromatic heterocycles. The number of halogens is 1. The smallest absolute Gasteiger partial charge is 0.321 e. The predicted molar refractivity (Wildman–Crippen MR) is 90.2 cm³/mol. The fourth-order valence-electron chi connectivity index (χ4n) is 4.23. The molecule has 1 aromatic rings. The second-order valence-corrected chi connectivity index (χ2v) is 7.28. The maximum atomic E-state index is 12.7. The molecule has 1 aliphatic carbocycles. The van der Waals surface area contributed by atoms with E-state index >= 15 is 0 Å². The molecule has 1 N–H and O–H groups in total. The van der Waals surface area contributed by atoms with E-state index in [4.69, 9.17) is 21.1 Å². The standard InChI is InChI=1S/C17H23ClN2O3/c1-17(2)14(10-8-9-23-15(10)17)20(3)16(21)19-12-7-5-6-11(18)13(12)22-4/h5-7,10,14-15H,8-9H2,1-4H3,(H,19,21). The molecule has 0 radical (unpaired) electrons. The van der Waals surface area contributed by atoms with E-state index in [-0.39, 0.29) is 23.6 Å². The van der Waals surface area contributed by atoms with Crippen LogP contribution in [-0.4, -0.2) is 43.8 Å². The van der Waals surface area contributed by atoms with Gasteiger partial charge < -0.3 is 19.7 Å². The van der Waals surface area contributed by atoms with Crippen molar-refractivity contribution in [2.75, 3.05) is 26.1 Å². The maximum absolute atomic E-state index is 12.7. The van der Waals surface area contributed by atoms with Crippen molar-refractivity contribution in [1.82, 2.24) is 4.90 Å². The molecule has 3 atom stereocenters. The third-order valence-electron chi connectivity index (χ3n) is 5.19. The number of carbonyl (C=O) groups excluding carboxylic acids is 1. The molecule has 3 unspecified atom stereocenters. The summed E-state index contributed by atoms with van der Waals surface area (Å²) in [4.78, 5) is 14.5. The van der Waals surface area contributed by atoms with E-state index < -0.39 is 0 Å². The van der Waals surface area contributed by atoms with Gasteiger partial charge in [0.15, 0.2) is 5.75 Å². The SMILES string of the molecule is COc1c(Cl)cccc1NC(=O)N(C)C1C2CCOC2C1(C)C. The predicted octanol–water partition coefficient (Wildman–Crippen LogP) is 3.63. The summed E-state index contributed by atoms with van der Waals surface area (Å²) >= 11 is 6.11. The lowest BCUT2D eigenvalue weighted by Crippen LogP contribution is -2.67. The first-order valence-electron chi connectivity index (χ1n) is 7.86. The van der Waals surface area contributed by atoms with Crippen LogP contribution in [0.5, 0.6) is 5.75 Å². The molecule has 2 aliphatic rings. The summed E-state index contributed by atoms with van der Waals surface area (Å²) in [7, 11) is 3.38. The van der Waals surface area contributed by atoms with E-state index in [0.717, 1.165) is 13.0 Å². The number of urea groups is 1. The number of ether oxygens (including phenoxy) is 2. The lowest BCUT2D eigenvalue weighted by Gasteiger charge is -2.57. The molecule has 2 fully saturated rings. The number of nitrogens with zero attached hydrogens (tertiary/aromatic N) is 1. The zero-order valence-corrected chi connectivity index (χ0v) is 14.7. The van der Waals surface area contributed by atoms with E-state index in [1.807, 2.05) is 7.05 Å². The first kappa shape index (κ1) is 16.4. The number of carbonyl (C=O) groups is 1. The van der Waals surface area contributed by atoms with Crippen molar-refractivity contribution in [3.63, 3.8) is 0 Å². The van der Waals surface area contributed by atoms with Crippen LogP contribution in [0.4, 0.5) is 10.5 Å². The number of para-hydroxylation sites is 1. The number of nitrogens with one attached hydrogen (secondary N) is 1. The van der Waals surface area contributed by atoms with E-state index in [9.17, 15) is 4.79 Å². The van der Waals surface area contributed by atoms with Crippen molar-refractivity contribution < 1.29 is 14.3 Å². The van der Waals surface area contributed by atoms with Crippen LogP contribution in [0.2, 0.25) is 5.02 Å². The van der Waals surface area contributed by atoms with Gasteiger partial charge in [0.2, 0.25) is 0 Å². The molecule has 2 amide bonds. The molecule has 23 heavy (non-hydrogen) atoms. The number of fused-ring (bicyclic) bond motifs is 1. The zero-order chi connectivity index (χ0) is 16.8. The molecule has 1 saturated heterocycles. The van der Waals surface area contributed by atoms with Crippen molar-refractivity contribution in [3.8, 4) is 5.75 Å². The summed E-state index contributed by atoms with van der Waals surface area (Å²) in [5, 5.41) is 3.38. The minimum atomic E-state index is -0.158. The summed E-state index contributed by atoms with van der Waals surface area (Å²) in [5.74, 6) is 0.896. The monoisotopic (exact) mass is 338 g/mol. The van der Waals surface area contributed by atoms with E-state index in [1.165, 1.54) is 7.11 Å². The van der Waals surface area contributed by atoms with Gasteiger partial charge in [-0.2, -0.15) is 0 Å². The Labute approximate surface area is 141 Å². The molecule has 1 heterocycles. The molecule has 126 valence electrons. The van der Waals surface area contributed by atoms with Crippen LogP contribution in [0.15, 0.2) is 18.2 Å². The van der Waals surface area contributed by atoms with Gasteiger partial charge in [-0.3, -0.25) is 0 Å². The normalized spacial score (nSPS) is 27.8. The van der Waals surface area contributed by atoms with Crippen LogP contribution < -0.4 is 10.1 Å². The van der Waals surface area contributed by atoms with E-state index in [0.29, 0.717) is 22.4 Å². The van der Waals surface area contributed by atoms with Crippen molar-refractivity contribution >= 4 is 23.3 Å². The molecule has 3 rings (SSSR count). The van der Waals surface area contributed by atoms with Crippen molar-refractivity contribution in [3.05, 3.63) is 23.2 Å². The summed E-state index contributed by atoms with van der Waals surface area (Å²) in [6.07, 6.45) is 1.26. The highest BCUT2D eigenvalue weighted by Crippen LogP contribution is 2.54. The molecule has 1 aliphatic heterocycles. The third-order valence-corrected chi connectivity index (χ3v) is 5.49. The molecule has 1 aromatic carbocycles. The quantitative estimate of drug-likeness (QED) is 0.915. The Hall–Kier alpha value is -1.46. The molecule has 5 nitrogen and oxygen atoms in total. The van der Waals surface area contributed by atoms with Crippen LogP contribution in [0, 0.1) is 11.3 Å². The van der Waals surface area contributed by atoms with Gasteiger partial charge in [0.25, 0.3) is 0 Å². The number of benzene rings is 1. The van der Waals surface area contributed by atoms with Gasteiger partial charge in [0.1, 0.15) is 0 Å². The first-order valence-corrected chi connectivity index (χ1v) is 8.23. The molecule has 6 heteroatoms. The Bertz CT molecular complexity index is 620. The summed E-state index contributed by atoms with van der Waals surface area (Å²) in [6.45, 7) is 5.11. The largest absolute Gasteiger partial charge is 0.493 e. The third kappa shape index (κ3) is 2.56. The van der Waals surface area contributed by atoms with Crippen LogP contribution in [-0.2, 0) is 4.74 Å². The number of methoxy groups -OCH3 is 1. The summed E-state index contributed by atoms with van der Waals surface area (Å²) in [6, 6.07) is 5.31. The second-order valence-electron chi connectivity index (χ2n) is 6.87. The molecule has 0 bridgehead atoms. The highest BCUT2D eigenvalue weighted by atomic mass is 35.5. The second kappa shape index (κ2) is 5.87. The Balaban J connectivity index is 1.75. The average molecular weight is 339 g/mol. The zero-order valence-electron chi connectivity index (χ0n) is 13.9. The Kier molecular flexibility index (Phi) is 4.19. The van der Waals surface area contributed by atoms with E-state index in [1.54, 1.807) is 23.1 Å². The minimum absolute atomic E-state index is 0.0360. The van der Waals surface area contributed by atoms with Crippen LogP contribution >= 0.6 is 11.6 Å². The number of rotatable bonds is 3. The molecule has 0 spiro atoms. The molecule has 1 saturated carbocycles. The fourth-order valence-corrected chi connectivity index (χ4v) is 4.48. The van der Waals surface area contributed by atoms with Gasteiger partial charge in [-0.1, -0.05) is 31.5 Å². The van der Waals surface area contributed by atoms with Crippen molar-refractivity contribution in [2.24, 2.45) is 11.3 Å². The van der Waals surface area contributed by atoms with Gasteiger partial charge in [-0.15, -0.1) is 0 Å². The van der Waals surface area contributed by atoms with Gasteiger partial charge in [0, 0.05) is 31.0 Å². The van der Waals surface area contributed by atoms with Gasteiger partial charge in [-0.25, -0.2) is 4.79 Å². The Morgan fingerprint density at radius 1 is 1.48 bits per heavy atom. The average Bonchev–Trinajstić information content (AvgIpc) is 2.93. The first-order chi connectivity index (χ1) is 10.9. The summed E-state index contributed by atoms with van der Waals surface area (Å²) < 4.78 is 11.1. The Morgan fingerprint density at radius 3 is 2.91 bits per heavy atom. The van der Waals surface area contributed by atoms with Crippen molar-refractivity contribution in [1.29, 1.82) is 0 Å². The summed E-state index contributed by atoms with van der Waals surface area (Å²) in [5.41, 5.74) is 0.541. The van der Waals surface area contributed by atoms with Gasteiger partial charge in [0.05, 0.1) is 23.9 Å². The number of hydrogen-bond donors (Lipinski definition) is 1. The van der Waals surface area contributed by atoms with E-state index in [2.05, 4.69) is 19.2 Å². The van der Waals surface area contributed by atoms with Crippen LogP contribution in [0.25, 0.3) is 0 Å². The van der Waals surface area contributed by atoms with Crippen LogP contribution in [0.3, 0.4) is 0 Å². The lowest BCUT2D eigenvalue weighted by molar-refractivity contribution is -0.137. The van der Waals surface area contributed by atoms with Gasteiger partial charge in [-0.05, 0) is 18.6 Å². The Morgan fingerprint density at radius 2 is 2.22 bits per heavy atom. The molecular weight excluding hydrogens is 316 g/mol. The van der Waals surface area contributed by atoms with Gasteiger partial charge >= 0.3 is 6.03 Å². The topological polar surface area (TPSA) is 50.8 Å². The highest BCUT2D eigenvalue weighted by molar-refractivity contribution is 6.32. The molecular formula is C17H23ClN2O3. The fraction of sp³-hybridized carbons (Fsp3) is 0.588. The number of amides is 2. The number of anilines is 1. The lowest BCUT2D eigenvalue weighted by atomic mass is 9.57. The van der Waals surface area contributed by atoms with Crippen LogP contribution in [0.1, 0.15) is 20.3 Å². The highest BCUT2D eigenvalue weighted by Gasteiger charge is 2.61. The minimum Gasteiger partial charge on any atom is -0.493 e. The maximum Gasteiger partial charge on any atom is 0.321 e. The number of hydrogen-bond acceptors (Lipinski definition) is 3. The van der Waals surface area contributed by atoms with Crippen molar-refractivity contribution in [2.45, 2.75) is 32.4 Å².